The summed E-state index contributed by atoms with van der Waals surface area (Å²) in [5.41, 5.74) is 2.97. The van der Waals surface area contributed by atoms with E-state index in [1.807, 2.05) is 38.3 Å². The van der Waals surface area contributed by atoms with Gasteiger partial charge in [-0.3, -0.25) is 4.98 Å². The molecule has 1 N–H and O–H groups in total. The molecule has 1 aromatic heterocycles. The zero-order chi connectivity index (χ0) is 9.84. The number of aromatic nitrogens is 1. The molecular weight excluding hydrogens is 162 g/mol. The molecule has 1 heterocycles. The molecule has 0 bridgehead atoms. The van der Waals surface area contributed by atoms with Crippen LogP contribution in [0.15, 0.2) is 23.9 Å². The minimum atomic E-state index is -0.400. The minimum absolute atomic E-state index is 0.400. The van der Waals surface area contributed by atoms with Gasteiger partial charge in [0.1, 0.15) is 0 Å². The van der Waals surface area contributed by atoms with E-state index in [0.717, 1.165) is 16.8 Å². The molecule has 1 atom stereocenters. The first-order valence-electron chi connectivity index (χ1n) is 4.38. The van der Waals surface area contributed by atoms with Crippen molar-refractivity contribution in [2.45, 2.75) is 26.9 Å². The summed E-state index contributed by atoms with van der Waals surface area (Å²) in [6, 6.07) is 3.95. The first kappa shape index (κ1) is 9.93. The van der Waals surface area contributed by atoms with Crippen LogP contribution < -0.4 is 0 Å². The summed E-state index contributed by atoms with van der Waals surface area (Å²) >= 11 is 0. The summed E-state index contributed by atoms with van der Waals surface area (Å²) in [4.78, 5) is 4.21. The molecule has 0 spiro atoms. The molecule has 0 fully saturated rings. The zero-order valence-corrected chi connectivity index (χ0v) is 8.28. The van der Waals surface area contributed by atoms with Crippen molar-refractivity contribution in [3.8, 4) is 0 Å². The van der Waals surface area contributed by atoms with E-state index >= 15 is 0 Å². The van der Waals surface area contributed by atoms with Gasteiger partial charge in [-0.05, 0) is 44.1 Å². The quantitative estimate of drug-likeness (QED) is 0.751. The molecule has 0 saturated carbocycles. The van der Waals surface area contributed by atoms with E-state index in [9.17, 15) is 5.11 Å². The number of rotatable bonds is 2. The molecule has 0 amide bonds. The van der Waals surface area contributed by atoms with Crippen LogP contribution in [0, 0.1) is 6.92 Å². The fourth-order valence-corrected chi connectivity index (χ4v) is 0.918. The third-order valence-electron chi connectivity index (χ3n) is 1.97. The van der Waals surface area contributed by atoms with E-state index in [1.165, 1.54) is 0 Å². The summed E-state index contributed by atoms with van der Waals surface area (Å²) in [5.74, 6) is 0. The van der Waals surface area contributed by atoms with Crippen molar-refractivity contribution in [2.24, 2.45) is 0 Å². The van der Waals surface area contributed by atoms with E-state index in [4.69, 9.17) is 0 Å². The van der Waals surface area contributed by atoms with Gasteiger partial charge in [-0.15, -0.1) is 0 Å². The highest BCUT2D eigenvalue weighted by Gasteiger charge is 1.98. The lowest BCUT2D eigenvalue weighted by Gasteiger charge is -2.03. The average molecular weight is 177 g/mol. The topological polar surface area (TPSA) is 33.1 Å². The molecule has 13 heavy (non-hydrogen) atoms. The molecule has 0 aliphatic carbocycles. The first-order valence-corrected chi connectivity index (χ1v) is 4.38. The monoisotopic (exact) mass is 177 g/mol. The lowest BCUT2D eigenvalue weighted by atomic mass is 10.1. The Bertz CT molecular complexity index is 298. The van der Waals surface area contributed by atoms with Gasteiger partial charge in [-0.1, -0.05) is 6.07 Å². The van der Waals surface area contributed by atoms with Crippen molar-refractivity contribution < 1.29 is 5.11 Å². The number of hydrogen-bond donors (Lipinski definition) is 1. The summed E-state index contributed by atoms with van der Waals surface area (Å²) in [6.07, 6.45) is 3.31. The molecule has 2 heteroatoms. The Balaban J connectivity index is 2.85. The predicted molar refractivity (Wildman–Crippen MR) is 54.3 cm³/mol. The van der Waals surface area contributed by atoms with E-state index < -0.39 is 6.10 Å². The fourth-order valence-electron chi connectivity index (χ4n) is 0.918. The van der Waals surface area contributed by atoms with Crippen molar-refractivity contribution in [1.29, 1.82) is 0 Å². The standard InChI is InChI=1S/C11H15NO/c1-8-4-5-11(12-7-8)6-9(2)10(3)13/h4-7,10,13H,1-3H3/b9-6+. The van der Waals surface area contributed by atoms with Gasteiger partial charge in [0, 0.05) is 6.20 Å². The molecule has 1 unspecified atom stereocenters. The van der Waals surface area contributed by atoms with Crippen LogP contribution in [0.5, 0.6) is 0 Å². The maximum absolute atomic E-state index is 9.24. The van der Waals surface area contributed by atoms with Gasteiger partial charge in [-0.25, -0.2) is 0 Å². The van der Waals surface area contributed by atoms with Gasteiger partial charge in [0.05, 0.1) is 11.8 Å². The van der Waals surface area contributed by atoms with Gasteiger partial charge >= 0.3 is 0 Å². The molecule has 0 aromatic carbocycles. The summed E-state index contributed by atoms with van der Waals surface area (Å²) in [6.45, 7) is 5.65. The van der Waals surface area contributed by atoms with E-state index in [0.29, 0.717) is 0 Å². The number of aryl methyl sites for hydroxylation is 1. The molecule has 0 aliphatic rings. The summed E-state index contributed by atoms with van der Waals surface area (Å²) in [7, 11) is 0. The Kier molecular flexibility index (Phi) is 3.20. The van der Waals surface area contributed by atoms with Crippen LogP contribution in [0.25, 0.3) is 6.08 Å². The largest absolute Gasteiger partial charge is 0.389 e. The maximum atomic E-state index is 9.24. The van der Waals surface area contributed by atoms with Crippen molar-refractivity contribution in [3.05, 3.63) is 35.2 Å². The van der Waals surface area contributed by atoms with Crippen molar-refractivity contribution >= 4 is 6.08 Å². The molecule has 70 valence electrons. The van der Waals surface area contributed by atoms with Crippen LogP contribution in [0.4, 0.5) is 0 Å². The Morgan fingerprint density at radius 3 is 2.69 bits per heavy atom. The minimum Gasteiger partial charge on any atom is -0.389 e. The normalized spacial score (nSPS) is 14.3. The van der Waals surface area contributed by atoms with Crippen molar-refractivity contribution in [2.75, 3.05) is 0 Å². The number of hydrogen-bond acceptors (Lipinski definition) is 2. The molecular formula is C11H15NO. The van der Waals surface area contributed by atoms with Crippen LogP contribution in [-0.2, 0) is 0 Å². The Labute approximate surface area is 78.9 Å². The second-order valence-electron chi connectivity index (χ2n) is 3.32. The van der Waals surface area contributed by atoms with E-state index in [2.05, 4.69) is 4.98 Å². The van der Waals surface area contributed by atoms with Crippen LogP contribution in [0.2, 0.25) is 0 Å². The van der Waals surface area contributed by atoms with Gasteiger partial charge in [0.15, 0.2) is 0 Å². The van der Waals surface area contributed by atoms with Crippen molar-refractivity contribution in [3.63, 3.8) is 0 Å². The lowest BCUT2D eigenvalue weighted by molar-refractivity contribution is 0.232. The maximum Gasteiger partial charge on any atom is 0.0723 e. The Morgan fingerprint density at radius 1 is 1.54 bits per heavy atom. The average Bonchev–Trinajstić information content (AvgIpc) is 2.08. The zero-order valence-electron chi connectivity index (χ0n) is 8.28. The van der Waals surface area contributed by atoms with Crippen molar-refractivity contribution in [1.82, 2.24) is 4.98 Å². The predicted octanol–water partition coefficient (Wildman–Crippen LogP) is 2.17. The highest BCUT2D eigenvalue weighted by atomic mass is 16.3. The summed E-state index contributed by atoms with van der Waals surface area (Å²) < 4.78 is 0. The molecule has 1 rings (SSSR count). The molecule has 0 saturated heterocycles. The molecule has 2 nitrogen and oxygen atoms in total. The highest BCUT2D eigenvalue weighted by molar-refractivity contribution is 5.49. The number of pyridine rings is 1. The van der Waals surface area contributed by atoms with Crippen LogP contribution in [-0.4, -0.2) is 16.2 Å². The third-order valence-corrected chi connectivity index (χ3v) is 1.97. The van der Waals surface area contributed by atoms with E-state index in [-0.39, 0.29) is 0 Å². The third kappa shape index (κ3) is 2.99. The SMILES string of the molecule is C/C(=C\c1ccc(C)cn1)C(C)O. The first-order chi connectivity index (χ1) is 6.09. The summed E-state index contributed by atoms with van der Waals surface area (Å²) in [5, 5.41) is 9.24. The molecule has 0 radical (unpaired) electrons. The van der Waals surface area contributed by atoms with Crippen LogP contribution in [0.3, 0.4) is 0 Å². The van der Waals surface area contributed by atoms with E-state index in [1.54, 1.807) is 6.92 Å². The van der Waals surface area contributed by atoms with Gasteiger partial charge in [0.2, 0.25) is 0 Å². The molecule has 0 aliphatic heterocycles. The lowest BCUT2D eigenvalue weighted by Crippen LogP contribution is -2.00. The van der Waals surface area contributed by atoms with Gasteiger partial charge < -0.3 is 5.11 Å². The highest BCUT2D eigenvalue weighted by Crippen LogP contribution is 2.07. The number of nitrogens with zero attached hydrogens (tertiary/aromatic N) is 1. The fraction of sp³-hybridized carbons (Fsp3) is 0.364. The number of aliphatic hydroxyl groups is 1. The molecule has 1 aromatic rings. The van der Waals surface area contributed by atoms with Gasteiger partial charge in [-0.2, -0.15) is 0 Å². The second kappa shape index (κ2) is 4.19. The van der Waals surface area contributed by atoms with Crippen LogP contribution >= 0.6 is 0 Å². The smallest absolute Gasteiger partial charge is 0.0723 e. The second-order valence-corrected chi connectivity index (χ2v) is 3.32. The Morgan fingerprint density at radius 2 is 2.23 bits per heavy atom. The Hall–Kier alpha value is -1.15. The van der Waals surface area contributed by atoms with Crippen LogP contribution in [0.1, 0.15) is 25.1 Å². The van der Waals surface area contributed by atoms with Gasteiger partial charge in [0.25, 0.3) is 0 Å². The number of aliphatic hydroxyl groups excluding tert-OH is 1.